The minimum Gasteiger partial charge on any atom is -0.701 e. The molecule has 0 unspecified atom stereocenters. The second-order valence-electron chi connectivity index (χ2n) is 30.2. The predicted octanol–water partition coefficient (Wildman–Crippen LogP) is 20.8. The van der Waals surface area contributed by atoms with Gasteiger partial charge in [0.15, 0.2) is 0 Å². The van der Waals surface area contributed by atoms with Gasteiger partial charge in [0.25, 0.3) is 0 Å². The van der Waals surface area contributed by atoms with E-state index in [1.807, 2.05) is 72.8 Å². The normalized spacial score (nSPS) is 12.0. The van der Waals surface area contributed by atoms with Crippen LogP contribution in [0.5, 0.6) is 0 Å². The van der Waals surface area contributed by atoms with Crippen molar-refractivity contribution in [2.24, 2.45) is 0 Å². The fourth-order valence-corrected chi connectivity index (χ4v) is 41.3. The summed E-state index contributed by atoms with van der Waals surface area (Å²) in [4.78, 5) is 35.8. The number of benzene rings is 4. The minimum atomic E-state index is -1.99. The van der Waals surface area contributed by atoms with Gasteiger partial charge in [-0.3, -0.25) is 14.4 Å². The average molecular weight is 1340 g/mol. The summed E-state index contributed by atoms with van der Waals surface area (Å²) in [7, 11) is -8.84. The molecule has 0 aliphatic rings. The Balaban J connectivity index is 0. The SMILES string of the molecule is C#C[Si](C(C)C)(C(C)C)C(C)C.CC(C)[Si](C#CC(=O)c1ccccc1)(C(C)C)C(C)C.CC(C)[Si](C#CC(O)(C#C[Si](C(C)C)(C(C)C)C(C)C)c1ccccc1)(C(C)C)C(C)C.O=C(C(=O)c1ccccc1)c1ccccc1.[C-]#C[Si](C(C)C)(C(C)C)C(C)C.[Li+]. The van der Waals surface area contributed by atoms with Gasteiger partial charge in [0.1, 0.15) is 32.3 Å². The van der Waals surface area contributed by atoms with Gasteiger partial charge in [-0.1, -0.05) is 341 Å². The molecule has 0 heterocycles. The molecule has 4 rings (SSSR count). The molecule has 4 aromatic carbocycles. The molecule has 1 N–H and O–H groups in total. The smallest absolute Gasteiger partial charge is 0.701 e. The van der Waals surface area contributed by atoms with Crippen molar-refractivity contribution < 1.29 is 38.4 Å². The van der Waals surface area contributed by atoms with Crippen molar-refractivity contribution in [1.29, 1.82) is 0 Å². The molecule has 0 saturated heterocycles. The van der Waals surface area contributed by atoms with Gasteiger partial charge in [-0.05, 0) is 89.0 Å². The maximum absolute atomic E-state index is 12.2. The Hall–Kier alpha value is -4.67. The van der Waals surface area contributed by atoms with Crippen LogP contribution >= 0.6 is 0 Å². The van der Waals surface area contributed by atoms with E-state index >= 15 is 0 Å². The number of Topliss-reactive ketones (excluding diaryl/α,β-unsaturated/α-hetero) is 3. The first kappa shape index (κ1) is 90.4. The van der Waals surface area contributed by atoms with Crippen LogP contribution in [0.2, 0.25) is 83.1 Å². The van der Waals surface area contributed by atoms with Crippen LogP contribution in [0.4, 0.5) is 0 Å². The summed E-state index contributed by atoms with van der Waals surface area (Å²) in [6, 6.07) is 36.4. The van der Waals surface area contributed by atoms with Crippen LogP contribution in [0, 0.1) is 58.3 Å². The Morgan fingerprint density at radius 1 is 0.344 bits per heavy atom. The number of carbonyl (C=O) groups is 3. The number of carbonyl (C=O) groups excluding carboxylic acids is 3. The summed E-state index contributed by atoms with van der Waals surface area (Å²) < 4.78 is 0. The molecular weight excluding hydrogens is 1210 g/mol. The largest absolute Gasteiger partial charge is 1.00 e. The first-order valence-electron chi connectivity index (χ1n) is 34.7. The van der Waals surface area contributed by atoms with E-state index in [0.717, 1.165) is 5.56 Å². The van der Waals surface area contributed by atoms with Gasteiger partial charge < -0.3 is 17.1 Å². The number of aliphatic hydroxyl groups is 1. The van der Waals surface area contributed by atoms with E-state index in [2.05, 4.69) is 253 Å². The van der Waals surface area contributed by atoms with Crippen LogP contribution in [-0.2, 0) is 5.60 Å². The van der Waals surface area contributed by atoms with Crippen molar-refractivity contribution in [2.75, 3.05) is 0 Å². The quantitative estimate of drug-likeness (QED) is 0.0315. The maximum atomic E-state index is 12.2. The first-order valence-corrected chi connectivity index (χ1v) is 45.8. The van der Waals surface area contributed by atoms with Crippen molar-refractivity contribution in [3.63, 3.8) is 0 Å². The molecule has 0 aliphatic carbocycles. The van der Waals surface area contributed by atoms with E-state index in [1.165, 1.54) is 0 Å². The van der Waals surface area contributed by atoms with Crippen LogP contribution < -0.4 is 18.9 Å². The Morgan fingerprint density at radius 3 is 0.753 bits per heavy atom. The van der Waals surface area contributed by atoms with Gasteiger partial charge in [-0.15, -0.1) is 28.6 Å². The van der Waals surface area contributed by atoms with Crippen molar-refractivity contribution in [3.8, 4) is 51.9 Å². The van der Waals surface area contributed by atoms with Crippen LogP contribution in [0.1, 0.15) is 244 Å². The Morgan fingerprint density at radius 2 is 0.559 bits per heavy atom. The third-order valence-corrected chi connectivity index (χ3v) is 51.9. The number of terminal acetylenes is 1. The molecule has 0 aromatic heterocycles. The first-order chi connectivity index (χ1) is 42.6. The molecule has 4 nitrogen and oxygen atoms in total. The summed E-state index contributed by atoms with van der Waals surface area (Å²) in [6.45, 7) is 68.4. The summed E-state index contributed by atoms with van der Waals surface area (Å²) in [5, 5.41) is 12.0. The molecule has 0 amide bonds. The molecule has 0 fully saturated rings. The van der Waals surface area contributed by atoms with E-state index < -0.39 is 57.5 Å². The molecular formula is C83H127LiO4Si5. The molecule has 4 aromatic rings. The third-order valence-electron chi connectivity index (χ3n) is 20.6. The molecule has 0 saturated carbocycles. The van der Waals surface area contributed by atoms with Crippen molar-refractivity contribution in [1.82, 2.24) is 0 Å². The van der Waals surface area contributed by atoms with Gasteiger partial charge in [0, 0.05) is 22.3 Å². The molecule has 10 heteroatoms. The fraction of sp³-hybridized carbons (Fsp3) is 0.554. The minimum absolute atomic E-state index is 0. The zero-order chi connectivity index (χ0) is 71.5. The van der Waals surface area contributed by atoms with Crippen molar-refractivity contribution >= 4 is 57.7 Å². The van der Waals surface area contributed by atoms with Gasteiger partial charge in [0.05, 0.1) is 8.07 Å². The van der Waals surface area contributed by atoms with E-state index in [9.17, 15) is 19.5 Å². The predicted molar refractivity (Wildman–Crippen MR) is 417 cm³/mol. The number of ketones is 3. The van der Waals surface area contributed by atoms with Crippen molar-refractivity contribution in [2.45, 2.75) is 296 Å². The number of hydrogen-bond donors (Lipinski definition) is 1. The van der Waals surface area contributed by atoms with Crippen LogP contribution in [-0.4, -0.2) is 62.8 Å². The Kier molecular flexibility index (Phi) is 40.3. The molecule has 0 atom stereocenters. The van der Waals surface area contributed by atoms with E-state index in [-0.39, 0.29) is 24.6 Å². The standard InChI is InChI=1S/C29H48OSi2.C18H26OSi.C14H10O2.C11H22Si.C11H21Si.Li/c1-22(2)31(23(3)4,24(5)6)20-18-29(30,28-16-14-13-15-17-28)19-21-32(25(7)8,26(9)10)27(11)12;1-14(2)20(15(3)4,16(5)6)13-12-18(19)17-10-8-7-9-11-17;15-13(11-7-3-1-4-8-11)14(16)12-9-5-2-6-10-12;2*1-8-12(9(2)3,10(4)5)11(6)7;/h13-17,22-27,30H,1-12H3;7-11,14-16H,1-6H3;1-10H;1,9-11H,2-7H3;9-11H,2-7H3;/q;;;;-1;+1. The van der Waals surface area contributed by atoms with Crippen LogP contribution in [0.15, 0.2) is 121 Å². The topological polar surface area (TPSA) is 71.4 Å². The Labute approximate surface area is 590 Å². The number of rotatable bonds is 20. The second-order valence-corrected chi connectivity index (χ2v) is 58.1. The molecule has 0 aliphatic heterocycles. The van der Waals surface area contributed by atoms with Crippen LogP contribution in [0.3, 0.4) is 0 Å². The van der Waals surface area contributed by atoms with E-state index in [0.29, 0.717) is 99.8 Å². The monoisotopic (exact) mass is 1330 g/mol. The summed E-state index contributed by atoms with van der Waals surface area (Å²) in [5.41, 5.74) is 26.7. The second kappa shape index (κ2) is 41.4. The van der Waals surface area contributed by atoms with Gasteiger partial charge in [0.2, 0.25) is 23.0 Å². The van der Waals surface area contributed by atoms with E-state index in [4.69, 9.17) is 12.8 Å². The van der Waals surface area contributed by atoms with Crippen LogP contribution in [0.25, 0.3) is 0 Å². The fourth-order valence-electron chi connectivity index (χ4n) is 15.8. The molecule has 93 heavy (non-hydrogen) atoms. The zero-order valence-electron chi connectivity index (χ0n) is 64.5. The van der Waals surface area contributed by atoms with Crippen molar-refractivity contribution in [3.05, 3.63) is 150 Å². The third kappa shape index (κ3) is 23.3. The molecule has 0 radical (unpaired) electrons. The summed E-state index contributed by atoms with van der Waals surface area (Å²) >= 11 is 0. The van der Waals surface area contributed by atoms with Gasteiger partial charge in [-0.25, -0.2) is 0 Å². The molecule has 504 valence electrons. The van der Waals surface area contributed by atoms with E-state index in [1.54, 1.807) is 48.5 Å². The van der Waals surface area contributed by atoms with Gasteiger partial charge in [-0.2, -0.15) is 0 Å². The average Bonchev–Trinajstić information content (AvgIpc) is 0.804. The summed E-state index contributed by atoms with van der Waals surface area (Å²) in [5.74, 6) is 8.78. The van der Waals surface area contributed by atoms with Gasteiger partial charge >= 0.3 is 18.9 Å². The summed E-state index contributed by atoms with van der Waals surface area (Å²) in [6.07, 6.45) is 13.2. The Bertz CT molecular complexity index is 2870. The maximum Gasteiger partial charge on any atom is 1.00 e. The molecule has 0 bridgehead atoms. The zero-order valence-corrected chi connectivity index (χ0v) is 69.5. The number of hydrogen-bond acceptors (Lipinski definition) is 4. The molecule has 0 spiro atoms.